The van der Waals surface area contributed by atoms with Gasteiger partial charge in [0.15, 0.2) is 11.5 Å². The number of aromatic nitrogens is 1. The number of hydrogen-bond acceptors (Lipinski definition) is 4. The first-order chi connectivity index (χ1) is 11.2. The highest BCUT2D eigenvalue weighted by Crippen LogP contribution is 2.30. The fourth-order valence-electron chi connectivity index (χ4n) is 3.16. The van der Waals surface area contributed by atoms with Gasteiger partial charge in [-0.15, -0.1) is 11.3 Å². The van der Waals surface area contributed by atoms with Gasteiger partial charge in [0.25, 0.3) is 5.91 Å². The summed E-state index contributed by atoms with van der Waals surface area (Å²) in [5.41, 5.74) is 2.77. The summed E-state index contributed by atoms with van der Waals surface area (Å²) in [6.07, 6.45) is 2.00. The van der Waals surface area contributed by atoms with Crippen LogP contribution in [0.4, 0.5) is 0 Å². The predicted octanol–water partition coefficient (Wildman–Crippen LogP) is 4.22. The van der Waals surface area contributed by atoms with Gasteiger partial charge in [-0.05, 0) is 48.9 Å². The van der Waals surface area contributed by atoms with E-state index in [9.17, 15) is 4.79 Å². The number of likely N-dealkylation sites (tertiary alicyclic amines) is 1. The fourth-order valence-corrected chi connectivity index (χ4v) is 4.06. The number of piperidine rings is 1. The summed E-state index contributed by atoms with van der Waals surface area (Å²) >= 11 is 1.52. The number of hydrogen-bond donors (Lipinski definition) is 0. The largest absolute Gasteiger partial charge is 0.440 e. The minimum Gasteiger partial charge on any atom is -0.440 e. The van der Waals surface area contributed by atoms with Crippen LogP contribution in [0.3, 0.4) is 0 Å². The number of carbonyl (C=O) groups is 1. The van der Waals surface area contributed by atoms with Crippen molar-refractivity contribution in [3.63, 3.8) is 0 Å². The smallest absolute Gasteiger partial charge is 0.264 e. The van der Waals surface area contributed by atoms with Gasteiger partial charge < -0.3 is 9.32 Å². The van der Waals surface area contributed by atoms with Gasteiger partial charge in [0, 0.05) is 13.1 Å². The summed E-state index contributed by atoms with van der Waals surface area (Å²) < 4.78 is 5.90. The van der Waals surface area contributed by atoms with Crippen LogP contribution < -0.4 is 0 Å². The summed E-state index contributed by atoms with van der Waals surface area (Å²) in [7, 11) is 0. The first-order valence-corrected chi connectivity index (χ1v) is 8.79. The third-order valence-corrected chi connectivity index (χ3v) is 5.43. The lowest BCUT2D eigenvalue weighted by molar-refractivity contribution is 0.0703. The van der Waals surface area contributed by atoms with Gasteiger partial charge in [-0.25, -0.2) is 4.98 Å². The van der Waals surface area contributed by atoms with Gasteiger partial charge in [-0.1, -0.05) is 12.1 Å². The molecule has 1 atom stereocenters. The number of nitrogens with zero attached hydrogens (tertiary/aromatic N) is 2. The number of thiophene rings is 1. The molecule has 0 bridgehead atoms. The van der Waals surface area contributed by atoms with Crippen molar-refractivity contribution in [3.8, 4) is 0 Å². The first-order valence-electron chi connectivity index (χ1n) is 7.91. The molecule has 118 valence electrons. The Kier molecular flexibility index (Phi) is 3.65. The van der Waals surface area contributed by atoms with Gasteiger partial charge in [-0.2, -0.15) is 0 Å². The molecule has 5 heteroatoms. The number of benzene rings is 1. The van der Waals surface area contributed by atoms with Crippen LogP contribution in [0.2, 0.25) is 0 Å². The van der Waals surface area contributed by atoms with Crippen molar-refractivity contribution >= 4 is 28.3 Å². The van der Waals surface area contributed by atoms with E-state index in [0.29, 0.717) is 6.54 Å². The van der Waals surface area contributed by atoms with Crippen LogP contribution in [0, 0.1) is 6.92 Å². The Labute approximate surface area is 138 Å². The normalized spacial score (nSPS) is 18.5. The van der Waals surface area contributed by atoms with Gasteiger partial charge in [0.05, 0.1) is 10.8 Å². The van der Waals surface area contributed by atoms with Crippen molar-refractivity contribution in [2.45, 2.75) is 25.7 Å². The van der Waals surface area contributed by atoms with Crippen LogP contribution >= 0.6 is 11.3 Å². The van der Waals surface area contributed by atoms with Crippen LogP contribution in [0.1, 0.15) is 39.9 Å². The Bertz CT molecular complexity index is 818. The minimum atomic E-state index is 0.137. The topological polar surface area (TPSA) is 46.3 Å². The van der Waals surface area contributed by atoms with Crippen molar-refractivity contribution in [1.29, 1.82) is 0 Å². The van der Waals surface area contributed by atoms with Crippen LogP contribution in [0.25, 0.3) is 11.1 Å². The second-order valence-electron chi connectivity index (χ2n) is 6.04. The molecule has 1 aliphatic rings. The van der Waals surface area contributed by atoms with E-state index in [0.717, 1.165) is 46.8 Å². The Balaban J connectivity index is 1.57. The Morgan fingerprint density at radius 1 is 1.35 bits per heavy atom. The van der Waals surface area contributed by atoms with Gasteiger partial charge in [0.1, 0.15) is 5.52 Å². The fraction of sp³-hybridized carbons (Fsp3) is 0.333. The summed E-state index contributed by atoms with van der Waals surface area (Å²) in [4.78, 5) is 20.1. The summed E-state index contributed by atoms with van der Waals surface area (Å²) in [6, 6.07) is 9.81. The molecule has 3 aromatic rings. The molecule has 1 saturated heterocycles. The molecule has 0 spiro atoms. The number of aryl methyl sites for hydroxylation is 1. The maximum absolute atomic E-state index is 12.7. The third-order valence-electron chi connectivity index (χ3n) is 4.42. The molecule has 4 rings (SSSR count). The van der Waals surface area contributed by atoms with Crippen molar-refractivity contribution < 1.29 is 9.21 Å². The van der Waals surface area contributed by atoms with Crippen LogP contribution in [-0.2, 0) is 0 Å². The zero-order valence-electron chi connectivity index (χ0n) is 13.0. The van der Waals surface area contributed by atoms with E-state index in [-0.39, 0.29) is 11.8 Å². The number of para-hydroxylation sites is 2. The highest BCUT2D eigenvalue weighted by atomic mass is 32.1. The molecular weight excluding hydrogens is 308 g/mol. The second-order valence-corrected chi connectivity index (χ2v) is 6.96. The van der Waals surface area contributed by atoms with E-state index in [1.165, 1.54) is 11.3 Å². The summed E-state index contributed by atoms with van der Waals surface area (Å²) in [5.74, 6) is 1.07. The van der Waals surface area contributed by atoms with Gasteiger partial charge in [-0.3, -0.25) is 4.79 Å². The van der Waals surface area contributed by atoms with Gasteiger partial charge >= 0.3 is 0 Å². The number of rotatable bonds is 2. The molecule has 2 aromatic heterocycles. The maximum atomic E-state index is 12.7. The van der Waals surface area contributed by atoms with Crippen LogP contribution in [0.15, 0.2) is 40.1 Å². The Morgan fingerprint density at radius 3 is 3.00 bits per heavy atom. The van der Waals surface area contributed by atoms with Crippen LogP contribution in [0.5, 0.6) is 0 Å². The molecule has 1 unspecified atom stereocenters. The summed E-state index contributed by atoms with van der Waals surface area (Å²) in [5, 5.41) is 1.98. The molecule has 1 fully saturated rings. The van der Waals surface area contributed by atoms with E-state index in [4.69, 9.17) is 4.42 Å². The number of carbonyl (C=O) groups excluding carboxylic acids is 1. The van der Waals surface area contributed by atoms with E-state index < -0.39 is 0 Å². The molecule has 4 nitrogen and oxygen atoms in total. The van der Waals surface area contributed by atoms with Crippen molar-refractivity contribution in [1.82, 2.24) is 9.88 Å². The molecule has 0 N–H and O–H groups in total. The lowest BCUT2D eigenvalue weighted by Crippen LogP contribution is -2.39. The first kappa shape index (κ1) is 14.5. The zero-order chi connectivity index (χ0) is 15.8. The standard InChI is InChI=1S/C18H18N2O2S/c1-12-8-10-23-16(12)18(21)20-9-4-5-13(11-20)17-19-14-6-2-3-7-15(14)22-17/h2-3,6-8,10,13H,4-5,9,11H2,1H3. The number of fused-ring (bicyclic) bond motifs is 1. The number of amides is 1. The highest BCUT2D eigenvalue weighted by molar-refractivity contribution is 7.12. The second kappa shape index (κ2) is 5.81. The Morgan fingerprint density at radius 2 is 2.22 bits per heavy atom. The quantitative estimate of drug-likeness (QED) is 0.708. The molecule has 3 heterocycles. The summed E-state index contributed by atoms with van der Waals surface area (Å²) in [6.45, 7) is 3.49. The van der Waals surface area contributed by atoms with Crippen molar-refractivity contribution in [3.05, 3.63) is 52.0 Å². The molecule has 23 heavy (non-hydrogen) atoms. The monoisotopic (exact) mass is 326 g/mol. The van der Waals surface area contributed by atoms with Crippen molar-refractivity contribution in [2.24, 2.45) is 0 Å². The predicted molar refractivity (Wildman–Crippen MR) is 90.9 cm³/mol. The van der Waals surface area contributed by atoms with E-state index in [1.807, 2.05) is 47.5 Å². The van der Waals surface area contributed by atoms with E-state index in [2.05, 4.69) is 4.98 Å². The molecule has 1 aromatic carbocycles. The van der Waals surface area contributed by atoms with E-state index >= 15 is 0 Å². The Hall–Kier alpha value is -2.14. The average molecular weight is 326 g/mol. The highest BCUT2D eigenvalue weighted by Gasteiger charge is 2.29. The van der Waals surface area contributed by atoms with Crippen molar-refractivity contribution in [2.75, 3.05) is 13.1 Å². The third kappa shape index (κ3) is 2.65. The zero-order valence-corrected chi connectivity index (χ0v) is 13.8. The SMILES string of the molecule is Cc1ccsc1C(=O)N1CCCC(c2nc3ccccc3o2)C1. The molecule has 0 saturated carbocycles. The van der Waals surface area contributed by atoms with Gasteiger partial charge in [0.2, 0.25) is 0 Å². The molecule has 0 aliphatic carbocycles. The average Bonchev–Trinajstić information content (AvgIpc) is 3.20. The molecule has 0 radical (unpaired) electrons. The molecule has 1 aliphatic heterocycles. The lowest BCUT2D eigenvalue weighted by Gasteiger charge is -2.31. The van der Waals surface area contributed by atoms with Crippen LogP contribution in [-0.4, -0.2) is 28.9 Å². The molecule has 1 amide bonds. The minimum absolute atomic E-state index is 0.137. The molecular formula is C18H18N2O2S. The van der Waals surface area contributed by atoms with E-state index in [1.54, 1.807) is 0 Å². The maximum Gasteiger partial charge on any atom is 0.264 e. The lowest BCUT2D eigenvalue weighted by atomic mass is 9.97. The number of oxazole rings is 1.